The average Bonchev–Trinajstić information content (AvgIpc) is 2.55. The number of rotatable bonds is 5. The molecule has 1 aromatic carbocycles. The molecule has 132 valence electrons. The fraction of sp³-hybridized carbons (Fsp3) is 0.579. The van der Waals surface area contributed by atoms with E-state index in [1.54, 1.807) is 26.2 Å². The van der Waals surface area contributed by atoms with Crippen molar-refractivity contribution in [2.45, 2.75) is 45.6 Å². The quantitative estimate of drug-likeness (QED) is 0.902. The van der Waals surface area contributed by atoms with Crippen LogP contribution in [0.1, 0.15) is 48.5 Å². The number of carbonyl (C=O) groups is 2. The van der Waals surface area contributed by atoms with Crippen LogP contribution in [0.15, 0.2) is 18.2 Å². The Labute approximate surface area is 144 Å². The van der Waals surface area contributed by atoms with Crippen molar-refractivity contribution in [3.05, 3.63) is 29.3 Å². The zero-order chi connectivity index (χ0) is 17.7. The minimum absolute atomic E-state index is 0.0241. The number of benzene rings is 1. The third-order valence-electron chi connectivity index (χ3n) is 4.66. The summed E-state index contributed by atoms with van der Waals surface area (Å²) in [5.74, 6) is 0.915. The standard InChI is InChI=1S/C19H28N2O3/c1-13-7-5-6-8-16(13)20-18(22)12-24-17-11-15(10-9-14(17)2)19(23)21(3)4/h9-11,13,16H,5-8,12H2,1-4H3,(H,20,22). The van der Waals surface area contributed by atoms with E-state index in [9.17, 15) is 9.59 Å². The second-order valence-electron chi connectivity index (χ2n) is 6.90. The molecular weight excluding hydrogens is 304 g/mol. The molecule has 1 N–H and O–H groups in total. The Balaban J connectivity index is 1.94. The lowest BCUT2D eigenvalue weighted by atomic mass is 9.86. The van der Waals surface area contributed by atoms with Gasteiger partial charge in [0, 0.05) is 25.7 Å². The van der Waals surface area contributed by atoms with Crippen molar-refractivity contribution >= 4 is 11.8 Å². The number of nitrogens with zero attached hydrogens (tertiary/aromatic N) is 1. The van der Waals surface area contributed by atoms with Crippen LogP contribution in [0.2, 0.25) is 0 Å². The van der Waals surface area contributed by atoms with Crippen molar-refractivity contribution in [1.82, 2.24) is 10.2 Å². The Hall–Kier alpha value is -2.04. The SMILES string of the molecule is Cc1ccc(C(=O)N(C)C)cc1OCC(=O)NC1CCCCC1C. The zero-order valence-electron chi connectivity index (χ0n) is 15.1. The molecular formula is C19H28N2O3. The maximum absolute atomic E-state index is 12.2. The summed E-state index contributed by atoms with van der Waals surface area (Å²) in [6.07, 6.45) is 4.62. The molecule has 0 bridgehead atoms. The predicted octanol–water partition coefficient (Wildman–Crippen LogP) is 2.77. The molecule has 1 aliphatic carbocycles. The number of aryl methyl sites for hydroxylation is 1. The summed E-state index contributed by atoms with van der Waals surface area (Å²) in [7, 11) is 3.42. The first-order valence-corrected chi connectivity index (χ1v) is 8.63. The van der Waals surface area contributed by atoms with Gasteiger partial charge in [0.2, 0.25) is 0 Å². The molecule has 24 heavy (non-hydrogen) atoms. The first-order chi connectivity index (χ1) is 11.4. The molecule has 0 saturated heterocycles. The average molecular weight is 332 g/mol. The summed E-state index contributed by atoms with van der Waals surface area (Å²) in [4.78, 5) is 25.7. The first-order valence-electron chi connectivity index (χ1n) is 8.63. The van der Waals surface area contributed by atoms with Crippen LogP contribution in [0.4, 0.5) is 0 Å². The highest BCUT2D eigenvalue weighted by Crippen LogP contribution is 2.24. The van der Waals surface area contributed by atoms with Crippen LogP contribution >= 0.6 is 0 Å². The summed E-state index contributed by atoms with van der Waals surface area (Å²) in [6, 6.07) is 5.56. The van der Waals surface area contributed by atoms with Crippen LogP contribution in [0.5, 0.6) is 5.75 Å². The normalized spacial score (nSPS) is 20.3. The molecule has 0 radical (unpaired) electrons. The minimum atomic E-state index is -0.0995. The predicted molar refractivity (Wildman–Crippen MR) is 94.3 cm³/mol. The van der Waals surface area contributed by atoms with E-state index in [2.05, 4.69) is 12.2 Å². The third kappa shape index (κ3) is 4.73. The topological polar surface area (TPSA) is 58.6 Å². The van der Waals surface area contributed by atoms with Crippen molar-refractivity contribution in [2.24, 2.45) is 5.92 Å². The second-order valence-corrected chi connectivity index (χ2v) is 6.90. The molecule has 0 heterocycles. The molecule has 2 amide bonds. The van der Waals surface area contributed by atoms with Gasteiger partial charge in [-0.05, 0) is 43.4 Å². The molecule has 5 nitrogen and oxygen atoms in total. The van der Waals surface area contributed by atoms with Gasteiger partial charge in [0.1, 0.15) is 5.75 Å². The Morgan fingerprint density at radius 1 is 1.25 bits per heavy atom. The molecule has 1 fully saturated rings. The van der Waals surface area contributed by atoms with Crippen molar-refractivity contribution in [2.75, 3.05) is 20.7 Å². The lowest BCUT2D eigenvalue weighted by molar-refractivity contribution is -0.124. The zero-order valence-corrected chi connectivity index (χ0v) is 15.1. The van der Waals surface area contributed by atoms with Gasteiger partial charge in [-0.2, -0.15) is 0 Å². The number of ether oxygens (including phenoxy) is 1. The summed E-state index contributed by atoms with van der Waals surface area (Å²) in [5.41, 5.74) is 1.46. The Morgan fingerprint density at radius 3 is 2.62 bits per heavy atom. The smallest absolute Gasteiger partial charge is 0.258 e. The van der Waals surface area contributed by atoms with Crippen LogP contribution in [-0.4, -0.2) is 43.5 Å². The van der Waals surface area contributed by atoms with E-state index < -0.39 is 0 Å². The minimum Gasteiger partial charge on any atom is -0.483 e. The van der Waals surface area contributed by atoms with Crippen LogP contribution in [-0.2, 0) is 4.79 Å². The Morgan fingerprint density at radius 2 is 1.96 bits per heavy atom. The molecule has 2 unspecified atom stereocenters. The van der Waals surface area contributed by atoms with E-state index in [4.69, 9.17) is 4.74 Å². The molecule has 5 heteroatoms. The number of hydrogen-bond donors (Lipinski definition) is 1. The van der Waals surface area contributed by atoms with Crippen LogP contribution in [0.3, 0.4) is 0 Å². The van der Waals surface area contributed by atoms with Gasteiger partial charge >= 0.3 is 0 Å². The number of nitrogens with one attached hydrogen (secondary N) is 1. The molecule has 0 aromatic heterocycles. The molecule has 0 aliphatic heterocycles. The fourth-order valence-corrected chi connectivity index (χ4v) is 3.07. The van der Waals surface area contributed by atoms with Crippen molar-refractivity contribution in [3.63, 3.8) is 0 Å². The van der Waals surface area contributed by atoms with Crippen molar-refractivity contribution in [1.29, 1.82) is 0 Å². The Bertz CT molecular complexity index is 598. The highest BCUT2D eigenvalue weighted by atomic mass is 16.5. The van der Waals surface area contributed by atoms with Crippen molar-refractivity contribution in [3.8, 4) is 5.75 Å². The van der Waals surface area contributed by atoms with E-state index in [-0.39, 0.29) is 24.5 Å². The molecule has 1 aromatic rings. The summed E-state index contributed by atoms with van der Waals surface area (Å²) < 4.78 is 5.66. The molecule has 2 atom stereocenters. The van der Waals surface area contributed by atoms with Crippen molar-refractivity contribution < 1.29 is 14.3 Å². The second kappa shape index (κ2) is 8.18. The summed E-state index contributed by atoms with van der Waals surface area (Å²) >= 11 is 0. The monoisotopic (exact) mass is 332 g/mol. The molecule has 2 rings (SSSR count). The van der Waals surface area contributed by atoms with Crippen LogP contribution in [0, 0.1) is 12.8 Å². The van der Waals surface area contributed by atoms with Gasteiger partial charge in [0.25, 0.3) is 11.8 Å². The number of hydrogen-bond acceptors (Lipinski definition) is 3. The molecule has 1 saturated carbocycles. The summed E-state index contributed by atoms with van der Waals surface area (Å²) in [6.45, 7) is 4.06. The maximum Gasteiger partial charge on any atom is 0.258 e. The molecule has 0 spiro atoms. The fourth-order valence-electron chi connectivity index (χ4n) is 3.07. The number of amides is 2. The third-order valence-corrected chi connectivity index (χ3v) is 4.66. The maximum atomic E-state index is 12.2. The van der Waals surface area contributed by atoms with E-state index in [1.165, 1.54) is 24.2 Å². The van der Waals surface area contributed by atoms with Gasteiger partial charge in [0.15, 0.2) is 6.61 Å². The van der Waals surface area contributed by atoms with Gasteiger partial charge in [-0.1, -0.05) is 25.8 Å². The number of carbonyl (C=O) groups excluding carboxylic acids is 2. The highest BCUT2D eigenvalue weighted by molar-refractivity contribution is 5.94. The Kier molecular flexibility index (Phi) is 6.23. The van der Waals surface area contributed by atoms with Crippen LogP contribution < -0.4 is 10.1 Å². The van der Waals surface area contributed by atoms with Gasteiger partial charge in [0.05, 0.1) is 0 Å². The van der Waals surface area contributed by atoms with Crippen LogP contribution in [0.25, 0.3) is 0 Å². The lowest BCUT2D eigenvalue weighted by Gasteiger charge is -2.29. The van der Waals surface area contributed by atoms with E-state index in [1.807, 2.05) is 13.0 Å². The summed E-state index contributed by atoms with van der Waals surface area (Å²) in [5, 5.41) is 3.07. The van der Waals surface area contributed by atoms with Gasteiger partial charge in [-0.3, -0.25) is 9.59 Å². The van der Waals surface area contributed by atoms with Gasteiger partial charge < -0.3 is 15.0 Å². The van der Waals surface area contributed by atoms with E-state index in [0.29, 0.717) is 17.2 Å². The lowest BCUT2D eigenvalue weighted by Crippen LogP contribution is -2.43. The van der Waals surface area contributed by atoms with E-state index in [0.717, 1.165) is 12.0 Å². The first kappa shape index (κ1) is 18.3. The highest BCUT2D eigenvalue weighted by Gasteiger charge is 2.23. The molecule has 1 aliphatic rings. The van der Waals surface area contributed by atoms with Gasteiger partial charge in [-0.15, -0.1) is 0 Å². The largest absolute Gasteiger partial charge is 0.483 e. The van der Waals surface area contributed by atoms with Gasteiger partial charge in [-0.25, -0.2) is 0 Å². The van der Waals surface area contributed by atoms with E-state index >= 15 is 0 Å².